The number of aromatic amines is 1. The zero-order valence-corrected chi connectivity index (χ0v) is 10.8. The van der Waals surface area contributed by atoms with Crippen LogP contribution in [0.4, 0.5) is 0 Å². The van der Waals surface area contributed by atoms with E-state index < -0.39 is 0 Å². The first kappa shape index (κ1) is 12.4. The van der Waals surface area contributed by atoms with Gasteiger partial charge < -0.3 is 16.0 Å². The number of aliphatic imine (C=N–C) groups is 1. The summed E-state index contributed by atoms with van der Waals surface area (Å²) in [6.45, 7) is 4.67. The molecule has 0 radical (unpaired) electrons. The highest BCUT2D eigenvalue weighted by Crippen LogP contribution is 2.10. The van der Waals surface area contributed by atoms with Crippen molar-refractivity contribution in [3.05, 3.63) is 30.1 Å². The van der Waals surface area contributed by atoms with Crippen molar-refractivity contribution in [3.8, 4) is 0 Å². The molecule has 5 nitrogen and oxygen atoms in total. The van der Waals surface area contributed by atoms with Crippen LogP contribution in [0.3, 0.4) is 0 Å². The fourth-order valence-corrected chi connectivity index (χ4v) is 1.63. The highest BCUT2D eigenvalue weighted by Gasteiger charge is 2.01. The Balaban J connectivity index is 2.02. The summed E-state index contributed by atoms with van der Waals surface area (Å²) in [5, 5.41) is 4.23. The fourth-order valence-electron chi connectivity index (χ4n) is 1.63. The predicted molar refractivity (Wildman–Crippen MR) is 74.3 cm³/mol. The number of nitrogens with one attached hydrogen (secondary N) is 2. The van der Waals surface area contributed by atoms with E-state index in [-0.39, 0.29) is 0 Å². The van der Waals surface area contributed by atoms with Crippen molar-refractivity contribution >= 4 is 17.0 Å². The molecule has 0 aliphatic carbocycles. The average Bonchev–Trinajstić information content (AvgIpc) is 2.83. The molecule has 0 bridgehead atoms. The van der Waals surface area contributed by atoms with Crippen LogP contribution in [-0.2, 0) is 6.54 Å². The van der Waals surface area contributed by atoms with Gasteiger partial charge in [-0.15, -0.1) is 0 Å². The molecule has 0 aliphatic heterocycles. The van der Waals surface area contributed by atoms with E-state index in [2.05, 4.69) is 34.1 Å². The summed E-state index contributed by atoms with van der Waals surface area (Å²) < 4.78 is 0. The maximum absolute atomic E-state index is 5.79. The number of hydrogen-bond acceptors (Lipinski definition) is 2. The largest absolute Gasteiger partial charge is 0.370 e. The third-order valence-electron chi connectivity index (χ3n) is 2.89. The van der Waals surface area contributed by atoms with Gasteiger partial charge in [0.15, 0.2) is 5.96 Å². The van der Waals surface area contributed by atoms with Gasteiger partial charge in [-0.25, -0.2) is 9.98 Å². The van der Waals surface area contributed by atoms with Gasteiger partial charge in [-0.1, -0.05) is 6.92 Å². The quantitative estimate of drug-likeness (QED) is 0.567. The number of nitrogens with two attached hydrogens (primary N) is 1. The third-order valence-corrected chi connectivity index (χ3v) is 2.89. The number of guanidine groups is 1. The maximum atomic E-state index is 5.79. The number of fused-ring (bicyclic) bond motifs is 1. The zero-order valence-electron chi connectivity index (χ0n) is 10.8. The molecule has 0 saturated carbocycles. The smallest absolute Gasteiger partial charge is 0.189 e. The molecule has 0 aliphatic rings. The minimum atomic E-state index is 0.340. The van der Waals surface area contributed by atoms with Crippen LogP contribution in [0.1, 0.15) is 26.0 Å². The molecule has 2 rings (SSSR count). The summed E-state index contributed by atoms with van der Waals surface area (Å²) in [6.07, 6.45) is 2.90. The van der Waals surface area contributed by atoms with Crippen LogP contribution < -0.4 is 11.1 Å². The molecule has 2 heterocycles. The second-order valence-corrected chi connectivity index (χ2v) is 4.37. The number of aromatic nitrogens is 2. The Bertz CT molecular complexity index is 543. The molecule has 2 aromatic rings. The van der Waals surface area contributed by atoms with Gasteiger partial charge in [0.1, 0.15) is 5.65 Å². The molecule has 0 fully saturated rings. The SMILES string of the molecule is CCC(C)NC(N)=NCc1ccc2cc[nH]c2n1. The van der Waals surface area contributed by atoms with Gasteiger partial charge >= 0.3 is 0 Å². The lowest BCUT2D eigenvalue weighted by atomic mass is 10.3. The number of nitrogens with zero attached hydrogens (tertiary/aromatic N) is 2. The molecule has 0 aromatic carbocycles. The third kappa shape index (κ3) is 3.00. The maximum Gasteiger partial charge on any atom is 0.189 e. The van der Waals surface area contributed by atoms with Crippen LogP contribution in [-0.4, -0.2) is 22.0 Å². The van der Waals surface area contributed by atoms with Gasteiger partial charge in [-0.3, -0.25) is 0 Å². The van der Waals surface area contributed by atoms with Crippen molar-refractivity contribution in [2.45, 2.75) is 32.9 Å². The van der Waals surface area contributed by atoms with E-state index in [4.69, 9.17) is 5.73 Å². The lowest BCUT2D eigenvalue weighted by molar-refractivity contribution is 0.636. The standard InChI is InChI=1S/C13H19N5/c1-3-9(2)17-13(14)16-8-11-5-4-10-6-7-15-12(10)18-11/h4-7,9H,3,8H2,1-2H3,(H,15,18)(H3,14,16,17). The van der Waals surface area contributed by atoms with Gasteiger partial charge in [0.25, 0.3) is 0 Å². The number of H-pyrrole nitrogens is 1. The molecular weight excluding hydrogens is 226 g/mol. The van der Waals surface area contributed by atoms with Gasteiger partial charge in [0.05, 0.1) is 12.2 Å². The van der Waals surface area contributed by atoms with Crippen LogP contribution in [0.25, 0.3) is 11.0 Å². The first-order valence-electron chi connectivity index (χ1n) is 6.18. The molecule has 0 saturated heterocycles. The van der Waals surface area contributed by atoms with Crippen LogP contribution in [0, 0.1) is 0 Å². The minimum absolute atomic E-state index is 0.340. The summed E-state index contributed by atoms with van der Waals surface area (Å²) in [4.78, 5) is 11.8. The molecule has 18 heavy (non-hydrogen) atoms. The Kier molecular flexibility index (Phi) is 3.82. The van der Waals surface area contributed by atoms with Crippen molar-refractivity contribution in [1.29, 1.82) is 0 Å². The Labute approximate surface area is 107 Å². The zero-order chi connectivity index (χ0) is 13.0. The first-order valence-corrected chi connectivity index (χ1v) is 6.18. The normalized spacial score (nSPS) is 13.8. The van der Waals surface area contributed by atoms with Crippen molar-refractivity contribution in [2.24, 2.45) is 10.7 Å². The van der Waals surface area contributed by atoms with E-state index in [0.29, 0.717) is 18.5 Å². The Hall–Kier alpha value is -2.04. The monoisotopic (exact) mass is 245 g/mol. The Morgan fingerprint density at radius 3 is 3.11 bits per heavy atom. The van der Waals surface area contributed by atoms with Crippen LogP contribution >= 0.6 is 0 Å². The van der Waals surface area contributed by atoms with Crippen molar-refractivity contribution < 1.29 is 0 Å². The Morgan fingerprint density at radius 2 is 2.33 bits per heavy atom. The van der Waals surface area contributed by atoms with Crippen LogP contribution in [0.15, 0.2) is 29.4 Å². The summed E-state index contributed by atoms with van der Waals surface area (Å²) in [7, 11) is 0. The van der Waals surface area contributed by atoms with E-state index in [9.17, 15) is 0 Å². The lowest BCUT2D eigenvalue weighted by Gasteiger charge is -2.11. The second kappa shape index (κ2) is 5.53. The van der Waals surface area contributed by atoms with E-state index in [1.54, 1.807) is 0 Å². The van der Waals surface area contributed by atoms with Gasteiger partial charge in [-0.05, 0) is 31.5 Å². The van der Waals surface area contributed by atoms with E-state index in [1.807, 2.05) is 24.4 Å². The van der Waals surface area contributed by atoms with Gasteiger partial charge in [-0.2, -0.15) is 0 Å². The fraction of sp³-hybridized carbons (Fsp3) is 0.385. The summed E-state index contributed by atoms with van der Waals surface area (Å²) in [5.74, 6) is 0.470. The number of rotatable bonds is 4. The molecule has 0 amide bonds. The molecule has 0 spiro atoms. The highest BCUT2D eigenvalue weighted by molar-refractivity contribution is 5.78. The van der Waals surface area contributed by atoms with Crippen LogP contribution in [0.5, 0.6) is 0 Å². The van der Waals surface area contributed by atoms with Gasteiger partial charge in [0.2, 0.25) is 0 Å². The molecule has 96 valence electrons. The average molecular weight is 245 g/mol. The molecule has 1 atom stereocenters. The van der Waals surface area contributed by atoms with Crippen molar-refractivity contribution in [2.75, 3.05) is 0 Å². The first-order chi connectivity index (χ1) is 8.69. The lowest BCUT2D eigenvalue weighted by Crippen LogP contribution is -2.38. The number of pyridine rings is 1. The van der Waals surface area contributed by atoms with E-state index in [0.717, 1.165) is 23.1 Å². The summed E-state index contributed by atoms with van der Waals surface area (Å²) in [6, 6.07) is 6.33. The molecule has 4 N–H and O–H groups in total. The highest BCUT2D eigenvalue weighted by atomic mass is 15.1. The van der Waals surface area contributed by atoms with Crippen LogP contribution in [0.2, 0.25) is 0 Å². The topological polar surface area (TPSA) is 79.1 Å². The van der Waals surface area contributed by atoms with E-state index >= 15 is 0 Å². The Morgan fingerprint density at radius 1 is 1.50 bits per heavy atom. The molecule has 5 heteroatoms. The predicted octanol–water partition coefficient (Wildman–Crippen LogP) is 1.77. The second-order valence-electron chi connectivity index (χ2n) is 4.37. The number of hydrogen-bond donors (Lipinski definition) is 3. The van der Waals surface area contributed by atoms with Crippen molar-refractivity contribution in [3.63, 3.8) is 0 Å². The summed E-state index contributed by atoms with van der Waals surface area (Å²) in [5.41, 5.74) is 7.58. The van der Waals surface area contributed by atoms with Gasteiger partial charge in [0, 0.05) is 17.6 Å². The molecule has 2 aromatic heterocycles. The van der Waals surface area contributed by atoms with E-state index in [1.165, 1.54) is 0 Å². The minimum Gasteiger partial charge on any atom is -0.370 e. The van der Waals surface area contributed by atoms with Crippen molar-refractivity contribution in [1.82, 2.24) is 15.3 Å². The summed E-state index contributed by atoms with van der Waals surface area (Å²) >= 11 is 0. The molecular formula is C13H19N5. The molecule has 1 unspecified atom stereocenters.